The van der Waals surface area contributed by atoms with Crippen molar-refractivity contribution in [1.82, 2.24) is 0 Å². The van der Waals surface area contributed by atoms with Gasteiger partial charge < -0.3 is 0 Å². The van der Waals surface area contributed by atoms with Gasteiger partial charge in [-0.05, 0) is 22.9 Å². The van der Waals surface area contributed by atoms with Crippen molar-refractivity contribution < 1.29 is 5.11 Å². The Labute approximate surface area is 85.2 Å². The summed E-state index contributed by atoms with van der Waals surface area (Å²) >= 11 is 1.52. The number of rotatable bonds is 0. The zero-order valence-corrected chi connectivity index (χ0v) is 8.17. The van der Waals surface area contributed by atoms with E-state index in [1.807, 2.05) is 24.3 Å². The summed E-state index contributed by atoms with van der Waals surface area (Å²) in [4.78, 5) is 0. The third-order valence-electron chi connectivity index (χ3n) is 2.41. The SMILES string of the molecule is [O]c1csc2cc3ccccc3cc12. The molecule has 0 amide bonds. The van der Waals surface area contributed by atoms with Gasteiger partial charge in [-0.2, -0.15) is 0 Å². The Morgan fingerprint density at radius 3 is 2.50 bits per heavy atom. The maximum atomic E-state index is 11.4. The third-order valence-corrected chi connectivity index (χ3v) is 3.33. The molecule has 0 aliphatic rings. The minimum atomic E-state index is 0.135. The maximum absolute atomic E-state index is 11.4. The largest absolute Gasteiger partial charge is 0.288 e. The van der Waals surface area contributed by atoms with Crippen LogP contribution in [0.1, 0.15) is 0 Å². The number of hydrogen-bond donors (Lipinski definition) is 0. The van der Waals surface area contributed by atoms with Gasteiger partial charge in [-0.15, -0.1) is 11.3 Å². The molecule has 0 unspecified atom stereocenters. The Hall–Kier alpha value is -1.54. The number of thiophene rings is 1. The van der Waals surface area contributed by atoms with E-state index in [9.17, 15) is 5.11 Å². The fourth-order valence-electron chi connectivity index (χ4n) is 1.69. The van der Waals surface area contributed by atoms with Crippen molar-refractivity contribution in [2.24, 2.45) is 0 Å². The zero-order chi connectivity index (χ0) is 9.54. The van der Waals surface area contributed by atoms with Crippen molar-refractivity contribution in [2.45, 2.75) is 0 Å². The molecule has 0 aliphatic heterocycles. The molecular formula is C12H7OS. The van der Waals surface area contributed by atoms with E-state index < -0.39 is 0 Å². The van der Waals surface area contributed by atoms with Crippen molar-refractivity contribution >= 4 is 32.2 Å². The van der Waals surface area contributed by atoms with Gasteiger partial charge in [0, 0.05) is 15.5 Å². The average molecular weight is 199 g/mol. The minimum Gasteiger partial charge on any atom is -0.288 e. The summed E-state index contributed by atoms with van der Waals surface area (Å²) in [6, 6.07) is 12.2. The normalized spacial score (nSPS) is 11.1. The fraction of sp³-hybridized carbons (Fsp3) is 0. The van der Waals surface area contributed by atoms with E-state index in [2.05, 4.69) is 12.1 Å². The van der Waals surface area contributed by atoms with Crippen LogP contribution in [0.3, 0.4) is 0 Å². The van der Waals surface area contributed by atoms with Crippen LogP contribution in [-0.2, 0) is 5.11 Å². The summed E-state index contributed by atoms with van der Waals surface area (Å²) in [5.74, 6) is 0.135. The van der Waals surface area contributed by atoms with E-state index in [4.69, 9.17) is 0 Å². The van der Waals surface area contributed by atoms with Crippen molar-refractivity contribution in [3.8, 4) is 5.75 Å². The van der Waals surface area contributed by atoms with Crippen LogP contribution in [0, 0.1) is 0 Å². The van der Waals surface area contributed by atoms with E-state index in [-0.39, 0.29) is 5.75 Å². The van der Waals surface area contributed by atoms with Gasteiger partial charge in [0.05, 0.1) is 0 Å². The Kier molecular flexibility index (Phi) is 1.52. The molecule has 2 heteroatoms. The van der Waals surface area contributed by atoms with Gasteiger partial charge in [0.1, 0.15) is 0 Å². The first-order valence-corrected chi connectivity index (χ1v) is 5.29. The molecule has 0 atom stereocenters. The quantitative estimate of drug-likeness (QED) is 0.517. The molecule has 1 nitrogen and oxygen atoms in total. The minimum absolute atomic E-state index is 0.135. The first-order valence-electron chi connectivity index (χ1n) is 4.41. The van der Waals surface area contributed by atoms with Gasteiger partial charge >= 0.3 is 0 Å². The Morgan fingerprint density at radius 1 is 1.00 bits per heavy atom. The van der Waals surface area contributed by atoms with Crippen LogP contribution in [0.25, 0.3) is 20.9 Å². The van der Waals surface area contributed by atoms with Crippen LogP contribution in [0.2, 0.25) is 0 Å². The van der Waals surface area contributed by atoms with E-state index in [0.29, 0.717) is 0 Å². The summed E-state index contributed by atoms with van der Waals surface area (Å²) in [7, 11) is 0. The molecule has 0 aliphatic carbocycles. The monoisotopic (exact) mass is 199 g/mol. The molecule has 0 fully saturated rings. The lowest BCUT2D eigenvalue weighted by Crippen LogP contribution is -1.70. The van der Waals surface area contributed by atoms with Crippen LogP contribution in [-0.4, -0.2) is 0 Å². The topological polar surface area (TPSA) is 19.9 Å². The van der Waals surface area contributed by atoms with Crippen molar-refractivity contribution in [3.05, 3.63) is 41.8 Å². The number of benzene rings is 2. The van der Waals surface area contributed by atoms with Crippen LogP contribution in [0.5, 0.6) is 5.75 Å². The number of hydrogen-bond acceptors (Lipinski definition) is 1. The molecule has 3 aromatic rings. The molecule has 0 spiro atoms. The van der Waals surface area contributed by atoms with Gasteiger partial charge in [-0.1, -0.05) is 24.3 Å². The molecule has 2 aromatic carbocycles. The van der Waals surface area contributed by atoms with Gasteiger partial charge in [0.25, 0.3) is 0 Å². The molecule has 0 saturated heterocycles. The molecule has 0 saturated carbocycles. The average Bonchev–Trinajstić information content (AvgIpc) is 2.57. The molecule has 1 radical (unpaired) electrons. The second-order valence-electron chi connectivity index (χ2n) is 3.30. The first-order chi connectivity index (χ1) is 6.84. The van der Waals surface area contributed by atoms with Crippen LogP contribution >= 0.6 is 11.3 Å². The van der Waals surface area contributed by atoms with Crippen LogP contribution < -0.4 is 0 Å². The van der Waals surface area contributed by atoms with E-state index >= 15 is 0 Å². The summed E-state index contributed by atoms with van der Waals surface area (Å²) in [6.45, 7) is 0. The fourth-order valence-corrected chi connectivity index (χ4v) is 2.53. The second-order valence-corrected chi connectivity index (χ2v) is 4.21. The lowest BCUT2D eigenvalue weighted by Gasteiger charge is -1.96. The predicted molar refractivity (Wildman–Crippen MR) is 59.5 cm³/mol. The highest BCUT2D eigenvalue weighted by atomic mass is 32.1. The van der Waals surface area contributed by atoms with E-state index in [0.717, 1.165) is 15.5 Å². The smallest absolute Gasteiger partial charge is 0.197 e. The molecule has 14 heavy (non-hydrogen) atoms. The molecule has 3 rings (SSSR count). The molecule has 0 N–H and O–H groups in total. The summed E-state index contributed by atoms with van der Waals surface area (Å²) < 4.78 is 1.08. The number of fused-ring (bicyclic) bond motifs is 2. The Bertz CT molecular complexity index is 610. The lowest BCUT2D eigenvalue weighted by atomic mass is 10.1. The van der Waals surface area contributed by atoms with Gasteiger partial charge in [0.2, 0.25) is 0 Å². The molecular weight excluding hydrogens is 192 g/mol. The lowest BCUT2D eigenvalue weighted by molar-refractivity contribution is 0.362. The first kappa shape index (κ1) is 7.83. The van der Waals surface area contributed by atoms with Gasteiger partial charge in [0.15, 0.2) is 5.75 Å². The molecule has 67 valence electrons. The molecule has 1 heterocycles. The summed E-state index contributed by atoms with van der Waals surface area (Å²) in [5, 5.41) is 16.3. The van der Waals surface area contributed by atoms with Crippen molar-refractivity contribution in [2.75, 3.05) is 0 Å². The van der Waals surface area contributed by atoms with Gasteiger partial charge in [-0.25, -0.2) is 0 Å². The van der Waals surface area contributed by atoms with Gasteiger partial charge in [-0.3, -0.25) is 5.11 Å². The Morgan fingerprint density at radius 2 is 1.71 bits per heavy atom. The molecule has 0 bridgehead atoms. The highest BCUT2D eigenvalue weighted by Gasteiger charge is 2.04. The highest BCUT2D eigenvalue weighted by molar-refractivity contribution is 7.17. The van der Waals surface area contributed by atoms with Crippen LogP contribution in [0.4, 0.5) is 0 Å². The summed E-state index contributed by atoms with van der Waals surface area (Å²) in [6.07, 6.45) is 0. The Balaban J connectivity index is 2.54. The van der Waals surface area contributed by atoms with Crippen LogP contribution in [0.15, 0.2) is 41.8 Å². The third kappa shape index (κ3) is 1.01. The maximum Gasteiger partial charge on any atom is 0.197 e. The second kappa shape index (κ2) is 2.72. The summed E-state index contributed by atoms with van der Waals surface area (Å²) in [5.41, 5.74) is 0. The van der Waals surface area contributed by atoms with Crippen molar-refractivity contribution in [1.29, 1.82) is 0 Å². The highest BCUT2D eigenvalue weighted by Crippen LogP contribution is 2.34. The molecule has 1 aromatic heterocycles. The zero-order valence-electron chi connectivity index (χ0n) is 7.36. The van der Waals surface area contributed by atoms with E-state index in [1.165, 1.54) is 16.7 Å². The van der Waals surface area contributed by atoms with Crippen molar-refractivity contribution in [3.63, 3.8) is 0 Å². The van der Waals surface area contributed by atoms with E-state index in [1.54, 1.807) is 5.38 Å². The standard InChI is InChI=1S/C12H7OS/c13-11-7-14-12-6-9-4-2-1-3-8(9)5-10(11)12/h1-7H. The predicted octanol–water partition coefficient (Wildman–Crippen LogP) is 4.20.